The summed E-state index contributed by atoms with van der Waals surface area (Å²) in [4.78, 5) is 2.09. The Bertz CT molecular complexity index is 424. The number of rotatable bonds is 8. The molecule has 0 radical (unpaired) electrons. The Morgan fingerprint density at radius 3 is 2.32 bits per heavy atom. The maximum atomic E-state index is 9.26. The maximum absolute atomic E-state index is 9.26. The molecular formula is C14H19ClN2O2. The quantitative estimate of drug-likeness (QED) is 0.687. The number of anilines is 1. The highest BCUT2D eigenvalue weighted by molar-refractivity contribution is 6.17. The van der Waals surface area contributed by atoms with E-state index in [0.29, 0.717) is 24.7 Å². The molecule has 0 fully saturated rings. The van der Waals surface area contributed by atoms with Gasteiger partial charge in [-0.1, -0.05) is 6.07 Å². The summed E-state index contributed by atoms with van der Waals surface area (Å²) in [5.41, 5.74) is 2.47. The number of benzene rings is 1. The smallest absolute Gasteiger partial charge is 0.101 e. The minimum Gasteiger partial charge on any atom is -0.383 e. The molecule has 1 aromatic carbocycles. The second-order valence-corrected chi connectivity index (χ2v) is 4.34. The molecule has 0 unspecified atom stereocenters. The summed E-state index contributed by atoms with van der Waals surface area (Å²) in [6, 6.07) is 7.92. The van der Waals surface area contributed by atoms with Gasteiger partial charge in [-0.05, 0) is 17.7 Å². The number of ether oxygens (including phenoxy) is 2. The molecular weight excluding hydrogens is 264 g/mol. The number of halogens is 1. The van der Waals surface area contributed by atoms with Crippen LogP contribution in [0.2, 0.25) is 0 Å². The van der Waals surface area contributed by atoms with Crippen LogP contribution in [-0.2, 0) is 15.4 Å². The van der Waals surface area contributed by atoms with Gasteiger partial charge in [0, 0.05) is 33.2 Å². The minimum absolute atomic E-state index is 0.408. The lowest BCUT2D eigenvalue weighted by Crippen LogP contribution is -2.31. The Morgan fingerprint density at radius 2 is 1.84 bits per heavy atom. The number of nitrogens with zero attached hydrogens (tertiary/aromatic N) is 2. The van der Waals surface area contributed by atoms with Gasteiger partial charge in [-0.2, -0.15) is 5.26 Å². The summed E-state index contributed by atoms with van der Waals surface area (Å²) in [6.07, 6.45) is 0. The average Bonchev–Trinajstić information content (AvgIpc) is 2.47. The highest BCUT2D eigenvalue weighted by Gasteiger charge is 2.11. The number of nitriles is 1. The van der Waals surface area contributed by atoms with Crippen LogP contribution in [0.5, 0.6) is 0 Å². The SMILES string of the molecule is COCCN(CCOC)c1ccc(CCl)cc1C#N. The molecule has 4 nitrogen and oxygen atoms in total. The third-order valence-corrected chi connectivity index (χ3v) is 3.12. The van der Waals surface area contributed by atoms with E-state index in [1.54, 1.807) is 14.2 Å². The molecule has 0 aliphatic heterocycles. The fourth-order valence-electron chi connectivity index (χ4n) is 1.79. The largest absolute Gasteiger partial charge is 0.383 e. The predicted octanol–water partition coefficient (Wildman–Crippen LogP) is 2.40. The van der Waals surface area contributed by atoms with E-state index in [1.807, 2.05) is 18.2 Å². The van der Waals surface area contributed by atoms with Gasteiger partial charge < -0.3 is 14.4 Å². The Hall–Kier alpha value is -1.28. The first-order chi connectivity index (χ1) is 9.26. The third kappa shape index (κ3) is 4.71. The number of hydrogen-bond donors (Lipinski definition) is 0. The summed E-state index contributed by atoms with van der Waals surface area (Å²) in [6.45, 7) is 2.64. The monoisotopic (exact) mass is 282 g/mol. The van der Waals surface area contributed by atoms with E-state index in [0.717, 1.165) is 24.3 Å². The van der Waals surface area contributed by atoms with Gasteiger partial charge in [0.25, 0.3) is 0 Å². The molecule has 0 atom stereocenters. The molecule has 5 heteroatoms. The molecule has 0 saturated heterocycles. The van der Waals surface area contributed by atoms with Crippen LogP contribution in [0.15, 0.2) is 18.2 Å². The van der Waals surface area contributed by atoms with Crippen LogP contribution in [-0.4, -0.2) is 40.5 Å². The molecule has 0 aliphatic carbocycles. The molecule has 0 amide bonds. The standard InChI is InChI=1S/C14H19ClN2O2/c1-18-7-5-17(6-8-19-2)14-4-3-12(10-15)9-13(14)11-16/h3-4,9H,5-8,10H2,1-2H3. The van der Waals surface area contributed by atoms with E-state index in [-0.39, 0.29) is 0 Å². The normalized spacial score (nSPS) is 10.2. The van der Waals surface area contributed by atoms with Gasteiger partial charge in [-0.3, -0.25) is 0 Å². The molecule has 0 aliphatic rings. The zero-order valence-electron chi connectivity index (χ0n) is 11.4. The van der Waals surface area contributed by atoms with E-state index in [1.165, 1.54) is 0 Å². The predicted molar refractivity (Wildman–Crippen MR) is 76.7 cm³/mol. The van der Waals surface area contributed by atoms with Gasteiger partial charge in [-0.25, -0.2) is 0 Å². The maximum Gasteiger partial charge on any atom is 0.101 e. The van der Waals surface area contributed by atoms with Gasteiger partial charge >= 0.3 is 0 Å². The van der Waals surface area contributed by atoms with Crippen molar-refractivity contribution < 1.29 is 9.47 Å². The molecule has 0 bridgehead atoms. The molecule has 0 spiro atoms. The first-order valence-electron chi connectivity index (χ1n) is 6.08. The van der Waals surface area contributed by atoms with Crippen molar-refractivity contribution in [2.24, 2.45) is 0 Å². The van der Waals surface area contributed by atoms with E-state index in [9.17, 15) is 5.26 Å². The lowest BCUT2D eigenvalue weighted by Gasteiger charge is -2.25. The van der Waals surface area contributed by atoms with Crippen LogP contribution in [0.3, 0.4) is 0 Å². The van der Waals surface area contributed by atoms with E-state index in [4.69, 9.17) is 21.1 Å². The van der Waals surface area contributed by atoms with E-state index in [2.05, 4.69) is 11.0 Å². The summed E-state index contributed by atoms with van der Waals surface area (Å²) >= 11 is 5.79. The topological polar surface area (TPSA) is 45.5 Å². The van der Waals surface area contributed by atoms with E-state index < -0.39 is 0 Å². The number of hydrogen-bond acceptors (Lipinski definition) is 4. The van der Waals surface area contributed by atoms with Crippen LogP contribution in [0.4, 0.5) is 5.69 Å². The fourth-order valence-corrected chi connectivity index (χ4v) is 1.95. The Kier molecular flexibility index (Phi) is 7.27. The van der Waals surface area contributed by atoms with Crippen LogP contribution in [0.1, 0.15) is 11.1 Å². The van der Waals surface area contributed by atoms with Crippen molar-refractivity contribution in [3.8, 4) is 6.07 Å². The van der Waals surface area contributed by atoms with Gasteiger partial charge in [0.2, 0.25) is 0 Å². The van der Waals surface area contributed by atoms with Crippen molar-refractivity contribution in [3.05, 3.63) is 29.3 Å². The number of methoxy groups -OCH3 is 2. The van der Waals surface area contributed by atoms with Crippen molar-refractivity contribution in [2.45, 2.75) is 5.88 Å². The second kappa shape index (κ2) is 8.76. The number of alkyl halides is 1. The van der Waals surface area contributed by atoms with Gasteiger partial charge in [-0.15, -0.1) is 11.6 Å². The highest BCUT2D eigenvalue weighted by Crippen LogP contribution is 2.22. The summed E-state index contributed by atoms with van der Waals surface area (Å²) in [5.74, 6) is 0.408. The first-order valence-corrected chi connectivity index (χ1v) is 6.62. The highest BCUT2D eigenvalue weighted by atomic mass is 35.5. The second-order valence-electron chi connectivity index (χ2n) is 4.07. The molecule has 19 heavy (non-hydrogen) atoms. The zero-order valence-corrected chi connectivity index (χ0v) is 12.1. The lowest BCUT2D eigenvalue weighted by atomic mass is 10.1. The first kappa shape index (κ1) is 15.8. The van der Waals surface area contributed by atoms with Crippen molar-refractivity contribution in [2.75, 3.05) is 45.4 Å². The minimum atomic E-state index is 0.408. The van der Waals surface area contributed by atoms with Crippen molar-refractivity contribution in [1.82, 2.24) is 0 Å². The molecule has 0 N–H and O–H groups in total. The zero-order chi connectivity index (χ0) is 14.1. The van der Waals surface area contributed by atoms with Crippen molar-refractivity contribution in [1.29, 1.82) is 5.26 Å². The molecule has 104 valence electrons. The Morgan fingerprint density at radius 1 is 1.21 bits per heavy atom. The summed E-state index contributed by atoms with van der Waals surface area (Å²) < 4.78 is 10.2. The lowest BCUT2D eigenvalue weighted by molar-refractivity contribution is 0.190. The van der Waals surface area contributed by atoms with Crippen LogP contribution in [0, 0.1) is 11.3 Å². The van der Waals surface area contributed by atoms with Crippen molar-refractivity contribution >= 4 is 17.3 Å². The van der Waals surface area contributed by atoms with Gasteiger partial charge in [0.15, 0.2) is 0 Å². The Labute approximate surface area is 119 Å². The average molecular weight is 283 g/mol. The molecule has 1 rings (SSSR count). The summed E-state index contributed by atoms with van der Waals surface area (Å²) in [5, 5.41) is 9.26. The van der Waals surface area contributed by atoms with Gasteiger partial charge in [0.05, 0.1) is 24.5 Å². The van der Waals surface area contributed by atoms with Gasteiger partial charge in [0.1, 0.15) is 6.07 Å². The molecule has 0 saturated carbocycles. The third-order valence-electron chi connectivity index (χ3n) is 2.81. The molecule has 1 aromatic rings. The Balaban J connectivity index is 2.96. The van der Waals surface area contributed by atoms with Crippen LogP contribution in [0.25, 0.3) is 0 Å². The van der Waals surface area contributed by atoms with Crippen LogP contribution < -0.4 is 4.90 Å². The molecule has 0 heterocycles. The van der Waals surface area contributed by atoms with E-state index >= 15 is 0 Å². The fraction of sp³-hybridized carbons (Fsp3) is 0.500. The summed E-state index contributed by atoms with van der Waals surface area (Å²) in [7, 11) is 3.33. The van der Waals surface area contributed by atoms with Crippen LogP contribution >= 0.6 is 11.6 Å². The van der Waals surface area contributed by atoms with Crippen molar-refractivity contribution in [3.63, 3.8) is 0 Å². The molecule has 0 aromatic heterocycles.